The molecule has 0 aliphatic heterocycles. The van der Waals surface area contributed by atoms with Crippen LogP contribution in [0.2, 0.25) is 5.02 Å². The van der Waals surface area contributed by atoms with Gasteiger partial charge in [-0.05, 0) is 43.2 Å². The first-order valence-corrected chi connectivity index (χ1v) is 7.75. The van der Waals surface area contributed by atoms with Crippen molar-refractivity contribution in [3.63, 3.8) is 0 Å². The van der Waals surface area contributed by atoms with Gasteiger partial charge in [0.05, 0.1) is 0 Å². The Bertz CT molecular complexity index is 677. The minimum Gasteiger partial charge on any atom is -0.385 e. The topological polar surface area (TPSA) is 63.2 Å². The second kappa shape index (κ2) is 8.50. The largest absolute Gasteiger partial charge is 0.385 e. The highest BCUT2D eigenvalue weighted by molar-refractivity contribution is 6.31. The maximum absolute atomic E-state index is 12.1. The van der Waals surface area contributed by atoms with Gasteiger partial charge in [0, 0.05) is 42.7 Å². The van der Waals surface area contributed by atoms with Gasteiger partial charge in [0.1, 0.15) is 5.82 Å². The Morgan fingerprint density at radius 2 is 2.17 bits per heavy atom. The number of carbonyl (C=O) groups is 1. The molecule has 0 saturated carbocycles. The molecule has 122 valence electrons. The van der Waals surface area contributed by atoms with Gasteiger partial charge in [0.2, 0.25) is 0 Å². The lowest BCUT2D eigenvalue weighted by Crippen LogP contribution is -2.25. The van der Waals surface area contributed by atoms with Crippen LogP contribution in [0.1, 0.15) is 22.3 Å². The number of methoxy groups -OCH3 is 1. The van der Waals surface area contributed by atoms with Crippen LogP contribution in [-0.2, 0) is 4.74 Å². The Hall–Kier alpha value is -2.11. The number of benzene rings is 1. The number of anilines is 2. The number of halogens is 1. The molecule has 0 saturated heterocycles. The summed E-state index contributed by atoms with van der Waals surface area (Å²) in [5.41, 5.74) is 2.35. The van der Waals surface area contributed by atoms with Gasteiger partial charge >= 0.3 is 0 Å². The standard InChI is InChI=1S/C17H20ClN3O2/c1-12-14(18)5-3-6-15(12)21-16-11-13(7-9-19-16)17(22)20-8-4-10-23-2/h3,5-7,9,11H,4,8,10H2,1-2H3,(H,19,21)(H,20,22). The molecule has 2 aromatic rings. The van der Waals surface area contributed by atoms with Gasteiger partial charge in [-0.1, -0.05) is 17.7 Å². The van der Waals surface area contributed by atoms with Crippen molar-refractivity contribution in [1.29, 1.82) is 0 Å². The fourth-order valence-electron chi connectivity index (χ4n) is 2.04. The van der Waals surface area contributed by atoms with Gasteiger partial charge in [-0.2, -0.15) is 0 Å². The molecule has 2 rings (SSSR count). The van der Waals surface area contributed by atoms with Gasteiger partial charge in [0.25, 0.3) is 5.91 Å². The van der Waals surface area contributed by atoms with Gasteiger partial charge in [-0.3, -0.25) is 4.79 Å². The van der Waals surface area contributed by atoms with Crippen LogP contribution in [-0.4, -0.2) is 31.2 Å². The Kier molecular flexibility index (Phi) is 6.38. The third kappa shape index (κ3) is 4.94. The van der Waals surface area contributed by atoms with Crippen LogP contribution in [0.4, 0.5) is 11.5 Å². The van der Waals surface area contributed by atoms with Crippen molar-refractivity contribution in [1.82, 2.24) is 10.3 Å². The van der Waals surface area contributed by atoms with Crippen LogP contribution in [0.3, 0.4) is 0 Å². The third-order valence-corrected chi connectivity index (χ3v) is 3.77. The zero-order valence-electron chi connectivity index (χ0n) is 13.2. The zero-order valence-corrected chi connectivity index (χ0v) is 14.0. The highest BCUT2D eigenvalue weighted by Gasteiger charge is 2.08. The first-order chi connectivity index (χ1) is 11.1. The van der Waals surface area contributed by atoms with E-state index in [1.165, 1.54) is 0 Å². The van der Waals surface area contributed by atoms with E-state index in [0.717, 1.165) is 17.7 Å². The van der Waals surface area contributed by atoms with Crippen LogP contribution in [0.15, 0.2) is 36.5 Å². The molecule has 0 spiro atoms. The summed E-state index contributed by atoms with van der Waals surface area (Å²) < 4.78 is 4.95. The van der Waals surface area contributed by atoms with Crippen molar-refractivity contribution in [3.8, 4) is 0 Å². The van der Waals surface area contributed by atoms with Crippen LogP contribution in [0.5, 0.6) is 0 Å². The Morgan fingerprint density at radius 3 is 2.96 bits per heavy atom. The quantitative estimate of drug-likeness (QED) is 0.760. The summed E-state index contributed by atoms with van der Waals surface area (Å²) in [6.45, 7) is 3.12. The minimum absolute atomic E-state index is 0.130. The van der Waals surface area contributed by atoms with E-state index < -0.39 is 0 Å². The summed E-state index contributed by atoms with van der Waals surface area (Å²) in [6, 6.07) is 9.01. The maximum Gasteiger partial charge on any atom is 0.251 e. The number of carbonyl (C=O) groups excluding carboxylic acids is 1. The Balaban J connectivity index is 2.04. The van der Waals surface area contributed by atoms with Gasteiger partial charge in [-0.25, -0.2) is 4.98 Å². The lowest BCUT2D eigenvalue weighted by molar-refractivity contribution is 0.0948. The summed E-state index contributed by atoms with van der Waals surface area (Å²) in [4.78, 5) is 16.3. The molecule has 1 aromatic heterocycles. The minimum atomic E-state index is -0.130. The molecule has 1 heterocycles. The molecule has 0 unspecified atom stereocenters. The lowest BCUT2D eigenvalue weighted by Gasteiger charge is -2.11. The first-order valence-electron chi connectivity index (χ1n) is 7.37. The van der Waals surface area contributed by atoms with E-state index in [0.29, 0.717) is 29.6 Å². The van der Waals surface area contributed by atoms with Crippen molar-refractivity contribution >= 4 is 29.0 Å². The molecule has 0 radical (unpaired) electrons. The highest BCUT2D eigenvalue weighted by atomic mass is 35.5. The summed E-state index contributed by atoms with van der Waals surface area (Å²) in [6.07, 6.45) is 2.38. The molecule has 0 fully saturated rings. The monoisotopic (exact) mass is 333 g/mol. The predicted octanol–water partition coefficient (Wildman–Crippen LogP) is 3.55. The molecule has 0 bridgehead atoms. The number of aromatic nitrogens is 1. The summed E-state index contributed by atoms with van der Waals surface area (Å²) in [5, 5.41) is 6.72. The molecule has 5 nitrogen and oxygen atoms in total. The number of hydrogen-bond donors (Lipinski definition) is 2. The van der Waals surface area contributed by atoms with E-state index in [4.69, 9.17) is 16.3 Å². The lowest BCUT2D eigenvalue weighted by atomic mass is 10.2. The number of hydrogen-bond acceptors (Lipinski definition) is 4. The van der Waals surface area contributed by atoms with E-state index in [1.54, 1.807) is 25.4 Å². The van der Waals surface area contributed by atoms with Gasteiger partial charge in [-0.15, -0.1) is 0 Å². The van der Waals surface area contributed by atoms with E-state index in [9.17, 15) is 4.79 Å². The molecule has 6 heteroatoms. The van der Waals surface area contributed by atoms with E-state index in [2.05, 4.69) is 15.6 Å². The van der Waals surface area contributed by atoms with E-state index >= 15 is 0 Å². The average Bonchev–Trinajstić information content (AvgIpc) is 2.56. The molecule has 0 aliphatic rings. The number of rotatable bonds is 7. The first kappa shape index (κ1) is 17.2. The highest BCUT2D eigenvalue weighted by Crippen LogP contribution is 2.25. The van der Waals surface area contributed by atoms with Crippen molar-refractivity contribution < 1.29 is 9.53 Å². The molecular weight excluding hydrogens is 314 g/mol. The van der Waals surface area contributed by atoms with Crippen LogP contribution >= 0.6 is 11.6 Å². The van der Waals surface area contributed by atoms with E-state index in [-0.39, 0.29) is 5.91 Å². The van der Waals surface area contributed by atoms with Crippen molar-refractivity contribution in [2.75, 3.05) is 25.6 Å². The summed E-state index contributed by atoms with van der Waals surface area (Å²) in [7, 11) is 1.64. The van der Waals surface area contributed by atoms with Crippen LogP contribution in [0.25, 0.3) is 0 Å². The fourth-order valence-corrected chi connectivity index (χ4v) is 2.22. The summed E-state index contributed by atoms with van der Waals surface area (Å²) in [5.74, 6) is 0.467. The van der Waals surface area contributed by atoms with E-state index in [1.807, 2.05) is 25.1 Å². The molecule has 2 N–H and O–H groups in total. The fraction of sp³-hybridized carbons (Fsp3) is 0.294. The smallest absolute Gasteiger partial charge is 0.251 e. The molecule has 0 atom stereocenters. The molecule has 23 heavy (non-hydrogen) atoms. The van der Waals surface area contributed by atoms with Gasteiger partial charge < -0.3 is 15.4 Å². The maximum atomic E-state index is 12.1. The van der Waals surface area contributed by atoms with Gasteiger partial charge in [0.15, 0.2) is 0 Å². The number of amides is 1. The molecule has 0 aliphatic carbocycles. The van der Waals surface area contributed by atoms with Crippen LogP contribution in [0, 0.1) is 6.92 Å². The van der Waals surface area contributed by atoms with Crippen molar-refractivity contribution in [3.05, 3.63) is 52.7 Å². The number of pyridine rings is 1. The Labute approximate surface area is 141 Å². The summed E-state index contributed by atoms with van der Waals surface area (Å²) >= 11 is 6.11. The zero-order chi connectivity index (χ0) is 16.7. The Morgan fingerprint density at radius 1 is 1.35 bits per heavy atom. The van der Waals surface area contributed by atoms with Crippen molar-refractivity contribution in [2.24, 2.45) is 0 Å². The number of nitrogens with one attached hydrogen (secondary N) is 2. The van der Waals surface area contributed by atoms with Crippen LogP contribution < -0.4 is 10.6 Å². The molecule has 1 aromatic carbocycles. The average molecular weight is 334 g/mol. The third-order valence-electron chi connectivity index (χ3n) is 3.36. The normalized spacial score (nSPS) is 10.4. The SMILES string of the molecule is COCCCNC(=O)c1ccnc(Nc2cccc(Cl)c2C)c1. The van der Waals surface area contributed by atoms with Crippen molar-refractivity contribution in [2.45, 2.75) is 13.3 Å². The molecular formula is C17H20ClN3O2. The number of nitrogens with zero attached hydrogens (tertiary/aromatic N) is 1. The second-order valence-corrected chi connectivity index (χ2v) is 5.48. The number of ether oxygens (including phenoxy) is 1. The predicted molar refractivity (Wildman–Crippen MR) is 92.5 cm³/mol. The molecule has 1 amide bonds. The second-order valence-electron chi connectivity index (χ2n) is 5.07.